The van der Waals surface area contributed by atoms with Crippen LogP contribution in [-0.4, -0.2) is 7.11 Å². The molecular weight excluding hydrogens is 292 g/mol. The van der Waals surface area contributed by atoms with Gasteiger partial charge in [0, 0.05) is 0 Å². The van der Waals surface area contributed by atoms with Crippen LogP contribution in [0.3, 0.4) is 0 Å². The minimum atomic E-state index is 0.941. The van der Waals surface area contributed by atoms with Gasteiger partial charge in [-0.2, -0.15) is 0 Å². The first kappa shape index (κ1) is 14.8. The lowest BCUT2D eigenvalue weighted by Crippen LogP contribution is -1.95. The van der Waals surface area contributed by atoms with E-state index in [-0.39, 0.29) is 0 Å². The van der Waals surface area contributed by atoms with Crippen LogP contribution in [0.15, 0.2) is 66.7 Å². The van der Waals surface area contributed by atoms with E-state index in [1.54, 1.807) is 7.11 Å². The molecule has 0 aliphatic heterocycles. The lowest BCUT2D eigenvalue weighted by molar-refractivity contribution is 0.412. The third-order valence-electron chi connectivity index (χ3n) is 4.87. The van der Waals surface area contributed by atoms with E-state index in [0.29, 0.717) is 0 Å². The molecule has 0 aromatic heterocycles. The van der Waals surface area contributed by atoms with Gasteiger partial charge in [-0.3, -0.25) is 0 Å². The Hall–Kier alpha value is -2.80. The number of hydrogen-bond acceptors (Lipinski definition) is 1. The summed E-state index contributed by atoms with van der Waals surface area (Å²) in [6, 6.07) is 23.7. The first-order valence-electron chi connectivity index (χ1n) is 8.26. The Kier molecular flexibility index (Phi) is 3.50. The summed E-state index contributed by atoms with van der Waals surface area (Å²) in [4.78, 5) is 0. The minimum absolute atomic E-state index is 0.941. The second-order valence-electron chi connectivity index (χ2n) is 6.28. The van der Waals surface area contributed by atoms with Crippen molar-refractivity contribution in [1.29, 1.82) is 0 Å². The summed E-state index contributed by atoms with van der Waals surface area (Å²) in [5, 5.41) is 5.04. The predicted molar refractivity (Wildman–Crippen MR) is 103 cm³/mol. The van der Waals surface area contributed by atoms with Crippen molar-refractivity contribution in [3.05, 3.63) is 77.9 Å². The minimum Gasteiger partial charge on any atom is -0.496 e. The van der Waals surface area contributed by atoms with Crippen molar-refractivity contribution < 1.29 is 4.74 Å². The molecule has 0 unspecified atom stereocenters. The lowest BCUT2D eigenvalue weighted by atomic mass is 9.87. The summed E-state index contributed by atoms with van der Waals surface area (Å²) < 4.78 is 5.67. The van der Waals surface area contributed by atoms with Crippen LogP contribution < -0.4 is 4.74 Å². The van der Waals surface area contributed by atoms with Crippen molar-refractivity contribution in [2.24, 2.45) is 0 Å². The zero-order valence-corrected chi connectivity index (χ0v) is 14.3. The van der Waals surface area contributed by atoms with Crippen molar-refractivity contribution >= 4 is 21.5 Å². The van der Waals surface area contributed by atoms with E-state index < -0.39 is 0 Å². The van der Waals surface area contributed by atoms with Crippen LogP contribution in [0, 0.1) is 13.8 Å². The molecule has 118 valence electrons. The molecule has 0 aliphatic rings. The van der Waals surface area contributed by atoms with Crippen molar-refractivity contribution in [2.75, 3.05) is 7.11 Å². The van der Waals surface area contributed by atoms with Gasteiger partial charge in [0.1, 0.15) is 5.75 Å². The molecule has 0 spiro atoms. The molecule has 0 heterocycles. The van der Waals surface area contributed by atoms with E-state index in [2.05, 4.69) is 80.6 Å². The monoisotopic (exact) mass is 312 g/mol. The summed E-state index contributed by atoms with van der Waals surface area (Å²) in [5.41, 5.74) is 5.06. The summed E-state index contributed by atoms with van der Waals surface area (Å²) in [6.45, 7) is 4.34. The SMILES string of the molecule is COc1cc2ccccc2c(-c2c(C)ccc3ccccc23)c1C. The van der Waals surface area contributed by atoms with Crippen molar-refractivity contribution in [3.8, 4) is 16.9 Å². The highest BCUT2D eigenvalue weighted by molar-refractivity contribution is 6.08. The van der Waals surface area contributed by atoms with Gasteiger partial charge in [0.25, 0.3) is 0 Å². The molecule has 4 aromatic rings. The van der Waals surface area contributed by atoms with E-state index in [0.717, 1.165) is 5.75 Å². The number of aryl methyl sites for hydroxylation is 1. The van der Waals surface area contributed by atoms with Crippen molar-refractivity contribution in [3.63, 3.8) is 0 Å². The van der Waals surface area contributed by atoms with Crippen molar-refractivity contribution in [2.45, 2.75) is 13.8 Å². The molecule has 0 saturated carbocycles. The fraction of sp³-hybridized carbons (Fsp3) is 0.130. The summed E-state index contributed by atoms with van der Waals surface area (Å²) in [5.74, 6) is 0.941. The zero-order valence-electron chi connectivity index (χ0n) is 14.3. The van der Waals surface area contributed by atoms with E-state index in [9.17, 15) is 0 Å². The molecule has 0 atom stereocenters. The normalized spacial score (nSPS) is 11.1. The molecule has 4 rings (SSSR count). The highest BCUT2D eigenvalue weighted by Gasteiger charge is 2.16. The fourth-order valence-corrected chi connectivity index (χ4v) is 3.67. The number of ether oxygens (including phenoxy) is 1. The van der Waals surface area contributed by atoms with Gasteiger partial charge in [-0.15, -0.1) is 0 Å². The zero-order chi connectivity index (χ0) is 16.7. The lowest BCUT2D eigenvalue weighted by Gasteiger charge is -2.18. The Bertz CT molecular complexity index is 1060. The van der Waals surface area contributed by atoms with Crippen LogP contribution in [0.1, 0.15) is 11.1 Å². The summed E-state index contributed by atoms with van der Waals surface area (Å²) in [7, 11) is 1.75. The number of fused-ring (bicyclic) bond motifs is 2. The molecule has 4 aromatic carbocycles. The molecule has 0 radical (unpaired) electrons. The van der Waals surface area contributed by atoms with Gasteiger partial charge in [-0.25, -0.2) is 0 Å². The van der Waals surface area contributed by atoms with E-state index >= 15 is 0 Å². The van der Waals surface area contributed by atoms with Gasteiger partial charge in [-0.1, -0.05) is 60.7 Å². The number of methoxy groups -OCH3 is 1. The average Bonchev–Trinajstić information content (AvgIpc) is 2.62. The molecule has 0 N–H and O–H groups in total. The first-order valence-corrected chi connectivity index (χ1v) is 8.26. The molecule has 0 fully saturated rings. The van der Waals surface area contributed by atoms with Gasteiger partial charge in [0.05, 0.1) is 7.11 Å². The molecule has 24 heavy (non-hydrogen) atoms. The molecule has 0 aliphatic carbocycles. The maximum Gasteiger partial charge on any atom is 0.123 e. The van der Waals surface area contributed by atoms with Gasteiger partial charge < -0.3 is 4.74 Å². The van der Waals surface area contributed by atoms with Crippen LogP contribution in [0.4, 0.5) is 0 Å². The average molecular weight is 312 g/mol. The maximum atomic E-state index is 5.67. The van der Waals surface area contributed by atoms with Crippen LogP contribution in [-0.2, 0) is 0 Å². The Morgan fingerprint density at radius 3 is 2.00 bits per heavy atom. The first-order chi connectivity index (χ1) is 11.7. The Labute approximate surface area is 142 Å². The van der Waals surface area contributed by atoms with Crippen LogP contribution in [0.25, 0.3) is 32.7 Å². The van der Waals surface area contributed by atoms with E-state index in [4.69, 9.17) is 4.74 Å². The van der Waals surface area contributed by atoms with Crippen molar-refractivity contribution in [1.82, 2.24) is 0 Å². The van der Waals surface area contributed by atoms with E-state index in [1.165, 1.54) is 43.8 Å². The second-order valence-corrected chi connectivity index (χ2v) is 6.28. The Morgan fingerprint density at radius 2 is 1.29 bits per heavy atom. The van der Waals surface area contributed by atoms with Gasteiger partial charge in [-0.05, 0) is 63.7 Å². The largest absolute Gasteiger partial charge is 0.496 e. The number of hydrogen-bond donors (Lipinski definition) is 0. The smallest absolute Gasteiger partial charge is 0.123 e. The highest BCUT2D eigenvalue weighted by Crippen LogP contribution is 2.41. The molecule has 1 nitrogen and oxygen atoms in total. The van der Waals surface area contributed by atoms with Crippen LogP contribution in [0.5, 0.6) is 5.75 Å². The molecule has 0 bridgehead atoms. The highest BCUT2D eigenvalue weighted by atomic mass is 16.5. The Balaban J connectivity index is 2.22. The Morgan fingerprint density at radius 1 is 0.667 bits per heavy atom. The maximum absolute atomic E-state index is 5.67. The topological polar surface area (TPSA) is 9.23 Å². The fourth-order valence-electron chi connectivity index (χ4n) is 3.67. The second kappa shape index (κ2) is 5.68. The molecular formula is C23H20O. The standard InChI is InChI=1S/C23H20O/c1-15-12-13-17-8-4-6-10-19(17)22(15)23-16(2)21(24-3)14-18-9-5-7-11-20(18)23/h4-14H,1-3H3. The molecule has 0 amide bonds. The van der Waals surface area contributed by atoms with Crippen LogP contribution >= 0.6 is 0 Å². The van der Waals surface area contributed by atoms with Crippen LogP contribution in [0.2, 0.25) is 0 Å². The summed E-state index contributed by atoms with van der Waals surface area (Å²) in [6.07, 6.45) is 0. The quantitative estimate of drug-likeness (QED) is 0.423. The molecule has 0 saturated heterocycles. The molecule has 1 heteroatoms. The summed E-state index contributed by atoms with van der Waals surface area (Å²) >= 11 is 0. The third-order valence-corrected chi connectivity index (χ3v) is 4.87. The third kappa shape index (κ3) is 2.16. The van der Waals surface area contributed by atoms with Gasteiger partial charge in [0.2, 0.25) is 0 Å². The predicted octanol–water partition coefficient (Wildman–Crippen LogP) is 6.29. The number of benzene rings is 4. The van der Waals surface area contributed by atoms with E-state index in [1.807, 2.05) is 0 Å². The number of rotatable bonds is 2. The van der Waals surface area contributed by atoms with Gasteiger partial charge in [0.15, 0.2) is 0 Å². The van der Waals surface area contributed by atoms with Gasteiger partial charge >= 0.3 is 0 Å².